The van der Waals surface area contributed by atoms with Crippen LogP contribution in [0.1, 0.15) is 25.6 Å². The number of benzene rings is 2. The summed E-state index contributed by atoms with van der Waals surface area (Å²) in [6, 6.07) is 5.91. The number of aliphatic hydroxyl groups is 2. The molecule has 0 saturated carbocycles. The van der Waals surface area contributed by atoms with Gasteiger partial charge in [0, 0.05) is 28.3 Å². The smallest absolute Gasteiger partial charge is 0.182 e. The first-order valence-corrected chi connectivity index (χ1v) is 10.2. The van der Waals surface area contributed by atoms with Gasteiger partial charge in [0.2, 0.25) is 0 Å². The van der Waals surface area contributed by atoms with Crippen molar-refractivity contribution in [2.45, 2.75) is 31.7 Å². The van der Waals surface area contributed by atoms with E-state index in [2.05, 4.69) is 5.32 Å². The zero-order chi connectivity index (χ0) is 21.5. The fourth-order valence-corrected chi connectivity index (χ4v) is 3.94. The van der Waals surface area contributed by atoms with E-state index in [1.807, 2.05) is 36.4 Å². The number of halogens is 4. The Balaban J connectivity index is 1.87. The Bertz CT molecular complexity index is 907. The fraction of sp³-hybridized carbons (Fsp3) is 0.400. The van der Waals surface area contributed by atoms with Crippen LogP contribution < -0.4 is 11.1 Å². The van der Waals surface area contributed by atoms with Gasteiger partial charge in [-0.05, 0) is 58.8 Å². The summed E-state index contributed by atoms with van der Waals surface area (Å²) in [6.07, 6.45) is -1.33. The maximum Gasteiger partial charge on any atom is 0.182 e. The normalized spacial score (nSPS) is 18.4. The lowest BCUT2D eigenvalue weighted by Crippen LogP contribution is -2.71. The molecule has 0 aromatic heterocycles. The summed E-state index contributed by atoms with van der Waals surface area (Å²) in [5.41, 5.74) is 4.48. The highest BCUT2D eigenvalue weighted by molar-refractivity contribution is 14.1. The van der Waals surface area contributed by atoms with Gasteiger partial charge in [-0.1, -0.05) is 13.8 Å². The summed E-state index contributed by atoms with van der Waals surface area (Å²) in [7, 11) is 0. The van der Waals surface area contributed by atoms with Crippen LogP contribution in [0.25, 0.3) is 0 Å². The van der Waals surface area contributed by atoms with Gasteiger partial charge in [-0.3, -0.25) is 4.90 Å². The van der Waals surface area contributed by atoms with Crippen LogP contribution in [0.2, 0.25) is 0 Å². The molecular formula is C20H23F3IN3O2. The van der Waals surface area contributed by atoms with Crippen LogP contribution >= 0.6 is 22.6 Å². The van der Waals surface area contributed by atoms with Crippen LogP contribution in [0, 0.1) is 26.9 Å². The minimum atomic E-state index is -1.33. The van der Waals surface area contributed by atoms with Crippen LogP contribution in [0.5, 0.6) is 0 Å². The van der Waals surface area contributed by atoms with Crippen molar-refractivity contribution in [2.24, 2.45) is 11.7 Å². The van der Waals surface area contributed by atoms with Gasteiger partial charge in [0.15, 0.2) is 11.6 Å². The molecule has 1 aliphatic rings. The summed E-state index contributed by atoms with van der Waals surface area (Å²) >= 11 is 1.93. The maximum atomic E-state index is 14.5. The van der Waals surface area contributed by atoms with E-state index in [1.54, 1.807) is 6.07 Å². The van der Waals surface area contributed by atoms with Crippen molar-refractivity contribution in [1.82, 2.24) is 4.90 Å². The van der Waals surface area contributed by atoms with Crippen molar-refractivity contribution >= 4 is 34.0 Å². The molecule has 2 aromatic rings. The second kappa shape index (κ2) is 8.38. The molecule has 1 saturated heterocycles. The lowest BCUT2D eigenvalue weighted by atomic mass is 9.80. The highest BCUT2D eigenvalue weighted by Gasteiger charge is 2.49. The molecule has 0 radical (unpaired) electrons. The summed E-state index contributed by atoms with van der Waals surface area (Å²) in [5, 5.41) is 23.9. The van der Waals surface area contributed by atoms with E-state index in [-0.39, 0.29) is 35.9 Å². The summed E-state index contributed by atoms with van der Waals surface area (Å²) in [6.45, 7) is 3.91. The van der Waals surface area contributed by atoms with Gasteiger partial charge in [-0.15, -0.1) is 0 Å². The summed E-state index contributed by atoms with van der Waals surface area (Å²) in [4.78, 5) is 1.49. The van der Waals surface area contributed by atoms with Crippen molar-refractivity contribution in [3.63, 3.8) is 0 Å². The molecule has 0 amide bonds. The number of anilines is 2. The third kappa shape index (κ3) is 4.38. The number of hydrogen-bond acceptors (Lipinski definition) is 5. The minimum Gasteiger partial charge on any atom is -0.386 e. The molecule has 2 aromatic carbocycles. The Morgan fingerprint density at radius 3 is 2.38 bits per heavy atom. The Hall–Kier alpha value is -1.40. The average molecular weight is 521 g/mol. The van der Waals surface area contributed by atoms with Gasteiger partial charge in [0.25, 0.3) is 0 Å². The third-order valence-corrected chi connectivity index (χ3v) is 5.91. The second-order valence-electron chi connectivity index (χ2n) is 7.73. The molecule has 0 aliphatic carbocycles. The number of rotatable bonds is 6. The van der Waals surface area contributed by atoms with Crippen LogP contribution in [0.3, 0.4) is 0 Å². The van der Waals surface area contributed by atoms with E-state index in [4.69, 9.17) is 5.73 Å². The molecular weight excluding hydrogens is 498 g/mol. The standard InChI is InChI=1S/C20H23F3IN3O2/c1-10(2)18(25)20(29)8-27(9-20)19(28)12-4-5-13(21)16(23)17(12)26-15-6-3-11(24)7-14(15)22/h3-7,10,18-19,26,28-29H,8-9,25H2,1-2H3. The van der Waals surface area contributed by atoms with E-state index < -0.39 is 35.3 Å². The van der Waals surface area contributed by atoms with E-state index in [1.165, 1.54) is 23.1 Å². The number of hydrogen-bond donors (Lipinski definition) is 4. The van der Waals surface area contributed by atoms with Gasteiger partial charge in [0.1, 0.15) is 17.6 Å². The molecule has 1 fully saturated rings. The Labute approximate surface area is 180 Å². The Morgan fingerprint density at radius 1 is 1.14 bits per heavy atom. The zero-order valence-corrected chi connectivity index (χ0v) is 18.1. The van der Waals surface area contributed by atoms with Crippen molar-refractivity contribution in [2.75, 3.05) is 18.4 Å². The number of nitrogens with one attached hydrogen (secondary N) is 1. The molecule has 2 unspecified atom stereocenters. The van der Waals surface area contributed by atoms with Gasteiger partial charge in [-0.25, -0.2) is 13.2 Å². The predicted octanol–water partition coefficient (Wildman–Crippen LogP) is 3.47. The molecule has 158 valence electrons. The van der Waals surface area contributed by atoms with E-state index >= 15 is 0 Å². The maximum absolute atomic E-state index is 14.5. The molecule has 29 heavy (non-hydrogen) atoms. The first-order valence-electron chi connectivity index (χ1n) is 9.13. The molecule has 0 bridgehead atoms. The molecule has 9 heteroatoms. The number of aliphatic hydroxyl groups excluding tert-OH is 1. The lowest BCUT2D eigenvalue weighted by molar-refractivity contribution is -0.176. The molecule has 1 aliphatic heterocycles. The highest BCUT2D eigenvalue weighted by Crippen LogP contribution is 2.38. The third-order valence-electron chi connectivity index (χ3n) is 5.23. The van der Waals surface area contributed by atoms with Crippen molar-refractivity contribution in [1.29, 1.82) is 0 Å². The Morgan fingerprint density at radius 2 is 1.79 bits per heavy atom. The van der Waals surface area contributed by atoms with Crippen LogP contribution in [0.4, 0.5) is 24.5 Å². The van der Waals surface area contributed by atoms with Crippen LogP contribution in [0.15, 0.2) is 30.3 Å². The van der Waals surface area contributed by atoms with E-state index in [9.17, 15) is 23.4 Å². The topological polar surface area (TPSA) is 81.8 Å². The number of β-amino-alcohol motifs (C(OH)–C–C–N with tert-alkyl or cyclic N) is 1. The fourth-order valence-electron chi connectivity index (χ4n) is 3.49. The second-order valence-corrected chi connectivity index (χ2v) is 8.97. The van der Waals surface area contributed by atoms with Gasteiger partial charge >= 0.3 is 0 Å². The summed E-state index contributed by atoms with van der Waals surface area (Å²) in [5.74, 6) is -2.96. The largest absolute Gasteiger partial charge is 0.386 e. The van der Waals surface area contributed by atoms with Crippen molar-refractivity contribution in [3.8, 4) is 0 Å². The number of nitrogens with two attached hydrogens (primary N) is 1. The van der Waals surface area contributed by atoms with Gasteiger partial charge in [0.05, 0.1) is 11.4 Å². The van der Waals surface area contributed by atoms with Crippen LogP contribution in [-0.4, -0.2) is 39.8 Å². The zero-order valence-electron chi connectivity index (χ0n) is 16.0. The molecule has 5 N–H and O–H groups in total. The van der Waals surface area contributed by atoms with Gasteiger partial charge < -0.3 is 21.3 Å². The summed E-state index contributed by atoms with van der Waals surface area (Å²) < 4.78 is 43.2. The molecule has 5 nitrogen and oxygen atoms in total. The van der Waals surface area contributed by atoms with E-state index in [0.29, 0.717) is 3.57 Å². The van der Waals surface area contributed by atoms with Crippen LogP contribution in [-0.2, 0) is 0 Å². The van der Waals surface area contributed by atoms with Crippen molar-refractivity contribution in [3.05, 3.63) is 56.9 Å². The van der Waals surface area contributed by atoms with Crippen molar-refractivity contribution < 1.29 is 23.4 Å². The minimum absolute atomic E-state index is 0.0296. The predicted molar refractivity (Wildman–Crippen MR) is 113 cm³/mol. The SMILES string of the molecule is CC(C)C(N)C1(O)CN(C(O)c2ccc(F)c(F)c2Nc2ccc(I)cc2F)C1. The molecule has 2 atom stereocenters. The lowest BCUT2D eigenvalue weighted by Gasteiger charge is -2.52. The molecule has 0 spiro atoms. The number of likely N-dealkylation sites (tertiary alicyclic amines) is 1. The molecule has 1 heterocycles. The van der Waals surface area contributed by atoms with E-state index in [0.717, 1.165) is 6.07 Å². The quantitative estimate of drug-likeness (QED) is 0.438. The first kappa shape index (κ1) is 22.3. The first-order chi connectivity index (χ1) is 13.5. The molecule has 3 rings (SSSR count). The average Bonchev–Trinajstić information content (AvgIpc) is 2.63. The van der Waals surface area contributed by atoms with Gasteiger partial charge in [-0.2, -0.15) is 0 Å². The monoisotopic (exact) mass is 521 g/mol. The Kier molecular flexibility index (Phi) is 6.44. The highest BCUT2D eigenvalue weighted by atomic mass is 127. The number of nitrogens with zero attached hydrogens (tertiary/aromatic N) is 1.